The normalized spacial score (nSPS) is 21.3. The quantitative estimate of drug-likeness (QED) is 0.644. The zero-order valence-corrected chi connectivity index (χ0v) is 11.5. The molecule has 0 N–H and O–H groups in total. The SMILES string of the molecule is CCC(C)CC(=O)C1(CC(C)C)CCCC1. The topological polar surface area (TPSA) is 17.1 Å². The average molecular weight is 224 g/mol. The van der Waals surface area contributed by atoms with Crippen LogP contribution >= 0.6 is 0 Å². The molecule has 1 fully saturated rings. The molecule has 16 heavy (non-hydrogen) atoms. The minimum atomic E-state index is 0.0671. The van der Waals surface area contributed by atoms with Crippen LogP contribution in [-0.4, -0.2) is 5.78 Å². The largest absolute Gasteiger partial charge is 0.299 e. The molecule has 0 bridgehead atoms. The Kier molecular flexibility index (Phi) is 5.01. The molecule has 1 unspecified atom stereocenters. The van der Waals surface area contributed by atoms with Crippen LogP contribution in [0.15, 0.2) is 0 Å². The van der Waals surface area contributed by atoms with Crippen LogP contribution in [0.2, 0.25) is 0 Å². The van der Waals surface area contributed by atoms with Crippen LogP contribution in [0.4, 0.5) is 0 Å². The van der Waals surface area contributed by atoms with Crippen molar-refractivity contribution in [3.05, 3.63) is 0 Å². The van der Waals surface area contributed by atoms with Gasteiger partial charge in [-0.3, -0.25) is 4.79 Å². The monoisotopic (exact) mass is 224 g/mol. The van der Waals surface area contributed by atoms with Gasteiger partial charge in [0.25, 0.3) is 0 Å². The summed E-state index contributed by atoms with van der Waals surface area (Å²) in [5, 5.41) is 0. The van der Waals surface area contributed by atoms with Gasteiger partial charge in [-0.2, -0.15) is 0 Å². The predicted molar refractivity (Wildman–Crippen MR) is 69.4 cm³/mol. The second kappa shape index (κ2) is 5.84. The maximum Gasteiger partial charge on any atom is 0.139 e. The van der Waals surface area contributed by atoms with Gasteiger partial charge in [0.05, 0.1) is 0 Å². The van der Waals surface area contributed by atoms with Crippen molar-refractivity contribution in [1.29, 1.82) is 0 Å². The first-order valence-corrected chi connectivity index (χ1v) is 7.03. The Bertz CT molecular complexity index is 224. The lowest BCUT2D eigenvalue weighted by Crippen LogP contribution is -2.30. The van der Waals surface area contributed by atoms with Gasteiger partial charge in [0, 0.05) is 11.8 Å². The maximum atomic E-state index is 12.5. The highest BCUT2D eigenvalue weighted by Gasteiger charge is 2.40. The Balaban J connectivity index is 2.65. The molecule has 1 saturated carbocycles. The lowest BCUT2D eigenvalue weighted by Gasteiger charge is -2.30. The van der Waals surface area contributed by atoms with Crippen molar-refractivity contribution in [1.82, 2.24) is 0 Å². The van der Waals surface area contributed by atoms with Crippen LogP contribution in [0.1, 0.15) is 72.6 Å². The highest BCUT2D eigenvalue weighted by Crippen LogP contribution is 2.45. The summed E-state index contributed by atoms with van der Waals surface area (Å²) in [4.78, 5) is 12.5. The molecule has 1 nitrogen and oxygen atoms in total. The molecule has 94 valence electrons. The number of carbonyl (C=O) groups is 1. The molecule has 0 aromatic carbocycles. The van der Waals surface area contributed by atoms with Gasteiger partial charge in [-0.25, -0.2) is 0 Å². The van der Waals surface area contributed by atoms with Crippen molar-refractivity contribution in [2.24, 2.45) is 17.3 Å². The Labute approximate surface area is 101 Å². The molecule has 0 radical (unpaired) electrons. The molecule has 0 spiro atoms. The summed E-state index contributed by atoms with van der Waals surface area (Å²) in [6.45, 7) is 8.88. The van der Waals surface area contributed by atoms with E-state index in [1.54, 1.807) is 0 Å². The van der Waals surface area contributed by atoms with Crippen LogP contribution in [0.5, 0.6) is 0 Å². The smallest absolute Gasteiger partial charge is 0.139 e. The lowest BCUT2D eigenvalue weighted by molar-refractivity contribution is -0.130. The highest BCUT2D eigenvalue weighted by molar-refractivity contribution is 5.85. The molecule has 1 aliphatic carbocycles. The van der Waals surface area contributed by atoms with Gasteiger partial charge in [0.15, 0.2) is 0 Å². The Hall–Kier alpha value is -0.330. The van der Waals surface area contributed by atoms with E-state index >= 15 is 0 Å². The minimum Gasteiger partial charge on any atom is -0.299 e. The van der Waals surface area contributed by atoms with Crippen molar-refractivity contribution < 1.29 is 4.79 Å². The van der Waals surface area contributed by atoms with Crippen molar-refractivity contribution in [3.8, 4) is 0 Å². The van der Waals surface area contributed by atoms with Gasteiger partial charge in [0.2, 0.25) is 0 Å². The van der Waals surface area contributed by atoms with E-state index in [4.69, 9.17) is 0 Å². The van der Waals surface area contributed by atoms with Crippen molar-refractivity contribution >= 4 is 5.78 Å². The number of rotatable bonds is 6. The standard InChI is InChI=1S/C15H28O/c1-5-13(4)10-14(16)15(11-12(2)3)8-6-7-9-15/h12-13H,5-11H2,1-4H3. The van der Waals surface area contributed by atoms with Gasteiger partial charge in [-0.1, -0.05) is 47.0 Å². The first-order valence-electron chi connectivity index (χ1n) is 7.03. The van der Waals surface area contributed by atoms with Crippen LogP contribution < -0.4 is 0 Å². The number of Topliss-reactive ketones (excluding diaryl/α,β-unsaturated/α-hetero) is 1. The van der Waals surface area contributed by atoms with E-state index in [-0.39, 0.29) is 5.41 Å². The molecule has 0 aromatic rings. The summed E-state index contributed by atoms with van der Waals surface area (Å²) in [6.07, 6.45) is 7.88. The minimum absolute atomic E-state index is 0.0671. The van der Waals surface area contributed by atoms with Gasteiger partial charge < -0.3 is 0 Å². The number of carbonyl (C=O) groups excluding carboxylic acids is 1. The van der Waals surface area contributed by atoms with Crippen LogP contribution in [0.3, 0.4) is 0 Å². The molecule has 1 heteroatoms. The first kappa shape index (κ1) is 13.7. The van der Waals surface area contributed by atoms with E-state index in [0.29, 0.717) is 17.6 Å². The van der Waals surface area contributed by atoms with Gasteiger partial charge in [-0.05, 0) is 31.1 Å². The van der Waals surface area contributed by atoms with Crippen LogP contribution in [0, 0.1) is 17.3 Å². The number of hydrogen-bond donors (Lipinski definition) is 0. The summed E-state index contributed by atoms with van der Waals surface area (Å²) in [5.41, 5.74) is 0.0671. The molecule has 0 saturated heterocycles. The van der Waals surface area contributed by atoms with Crippen molar-refractivity contribution in [2.75, 3.05) is 0 Å². The van der Waals surface area contributed by atoms with E-state index in [1.807, 2.05) is 0 Å². The zero-order valence-electron chi connectivity index (χ0n) is 11.5. The van der Waals surface area contributed by atoms with Gasteiger partial charge in [-0.15, -0.1) is 0 Å². The second-order valence-electron chi connectivity index (χ2n) is 6.23. The molecule has 1 atom stereocenters. The molecule has 0 aliphatic heterocycles. The molecule has 0 amide bonds. The fourth-order valence-electron chi connectivity index (χ4n) is 3.11. The summed E-state index contributed by atoms with van der Waals surface area (Å²) in [6, 6.07) is 0. The van der Waals surface area contributed by atoms with E-state index in [0.717, 1.165) is 32.1 Å². The average Bonchev–Trinajstić information content (AvgIpc) is 2.66. The third kappa shape index (κ3) is 3.33. The van der Waals surface area contributed by atoms with E-state index < -0.39 is 0 Å². The number of ketones is 1. The third-order valence-corrected chi connectivity index (χ3v) is 4.18. The van der Waals surface area contributed by atoms with Gasteiger partial charge >= 0.3 is 0 Å². The summed E-state index contributed by atoms with van der Waals surface area (Å²) >= 11 is 0. The molecular weight excluding hydrogens is 196 g/mol. The highest BCUT2D eigenvalue weighted by atomic mass is 16.1. The molecule has 0 heterocycles. The van der Waals surface area contributed by atoms with Gasteiger partial charge in [0.1, 0.15) is 5.78 Å². The van der Waals surface area contributed by atoms with E-state index in [1.165, 1.54) is 12.8 Å². The lowest BCUT2D eigenvalue weighted by atomic mass is 9.73. The Morgan fingerprint density at radius 2 is 1.75 bits per heavy atom. The van der Waals surface area contributed by atoms with E-state index in [2.05, 4.69) is 27.7 Å². The molecule has 1 rings (SSSR count). The van der Waals surface area contributed by atoms with Crippen molar-refractivity contribution in [3.63, 3.8) is 0 Å². The fourth-order valence-corrected chi connectivity index (χ4v) is 3.11. The summed E-state index contributed by atoms with van der Waals surface area (Å²) in [5.74, 6) is 1.78. The van der Waals surface area contributed by atoms with Crippen molar-refractivity contribution in [2.45, 2.75) is 72.6 Å². The van der Waals surface area contributed by atoms with Crippen LogP contribution in [-0.2, 0) is 4.79 Å². The maximum absolute atomic E-state index is 12.5. The predicted octanol–water partition coefficient (Wildman–Crippen LogP) is 4.60. The summed E-state index contributed by atoms with van der Waals surface area (Å²) < 4.78 is 0. The first-order chi connectivity index (χ1) is 7.50. The van der Waals surface area contributed by atoms with E-state index in [9.17, 15) is 4.79 Å². The zero-order chi connectivity index (χ0) is 12.2. The second-order valence-corrected chi connectivity index (χ2v) is 6.23. The fraction of sp³-hybridized carbons (Fsp3) is 0.933. The molecule has 1 aliphatic rings. The van der Waals surface area contributed by atoms with Crippen LogP contribution in [0.25, 0.3) is 0 Å². The summed E-state index contributed by atoms with van der Waals surface area (Å²) in [7, 11) is 0. The Morgan fingerprint density at radius 1 is 1.19 bits per heavy atom. The molecular formula is C15H28O. The third-order valence-electron chi connectivity index (χ3n) is 4.18. The Morgan fingerprint density at radius 3 is 2.19 bits per heavy atom. The number of hydrogen-bond acceptors (Lipinski definition) is 1. The molecule has 0 aromatic heterocycles.